The van der Waals surface area contributed by atoms with Crippen molar-refractivity contribution >= 4 is 11.3 Å². The molecule has 0 amide bonds. The van der Waals surface area contributed by atoms with Gasteiger partial charge in [-0.3, -0.25) is 0 Å². The lowest BCUT2D eigenvalue weighted by molar-refractivity contribution is 0.207. The second kappa shape index (κ2) is 12.0. The van der Waals surface area contributed by atoms with Gasteiger partial charge in [-0.15, -0.1) is 0 Å². The van der Waals surface area contributed by atoms with E-state index in [0.717, 1.165) is 44.3 Å². The Morgan fingerprint density at radius 1 is 0.708 bits per heavy atom. The van der Waals surface area contributed by atoms with Gasteiger partial charge < -0.3 is 9.64 Å². The molecule has 2 atom stereocenters. The molecule has 0 spiro atoms. The van der Waals surface area contributed by atoms with E-state index in [1.165, 1.54) is 87.3 Å². The van der Waals surface area contributed by atoms with E-state index >= 15 is 0 Å². The van der Waals surface area contributed by atoms with Gasteiger partial charge in [-0.1, -0.05) is 102 Å². The zero-order valence-electron chi connectivity index (χ0n) is 30.1. The highest BCUT2D eigenvalue weighted by molar-refractivity contribution is 5.79. The summed E-state index contributed by atoms with van der Waals surface area (Å²) in [6, 6.07) is 21.6. The van der Waals surface area contributed by atoms with Crippen molar-refractivity contribution in [2.24, 2.45) is 5.41 Å². The van der Waals surface area contributed by atoms with Gasteiger partial charge in [0, 0.05) is 18.0 Å². The Morgan fingerprint density at radius 2 is 1.40 bits per heavy atom. The molecule has 248 valence electrons. The predicted octanol–water partition coefficient (Wildman–Crippen LogP) is 11.7. The first kappa shape index (κ1) is 31.5. The van der Waals surface area contributed by atoms with Crippen LogP contribution < -0.4 is 9.64 Å². The summed E-state index contributed by atoms with van der Waals surface area (Å²) in [7, 11) is 0. The Bertz CT molecular complexity index is 1890. The van der Waals surface area contributed by atoms with Crippen molar-refractivity contribution in [3.05, 3.63) is 135 Å². The predicted molar refractivity (Wildman–Crippen MR) is 202 cm³/mol. The summed E-state index contributed by atoms with van der Waals surface area (Å²) in [5.41, 5.74) is 17.3. The molecule has 0 fully saturated rings. The third-order valence-corrected chi connectivity index (χ3v) is 13.5. The normalized spacial score (nSPS) is 21.2. The molecule has 48 heavy (non-hydrogen) atoms. The standard InChI is InChI=1S/C46H53NO/c1-7-45(5,8-2)38-19-21-41-43(28-38)48-44-29-39(46(6,9-3)10-4)20-22-42(44)47(41)40-26-36(34-17-13-30-11-15-32(30)23-34)25-37(27-40)35-18-14-31-12-16-33(31)24-35/h13-14,17-24,26-28,36,44H,7-12,15-16,25,29H2,1-6H3. The average Bonchev–Trinajstić information content (AvgIpc) is 3.10. The van der Waals surface area contributed by atoms with Crippen LogP contribution in [0.15, 0.2) is 95.9 Å². The quantitative estimate of drug-likeness (QED) is 0.232. The van der Waals surface area contributed by atoms with Crippen LogP contribution in [0.25, 0.3) is 5.57 Å². The maximum atomic E-state index is 7.09. The molecule has 2 unspecified atom stereocenters. The molecule has 0 bridgehead atoms. The van der Waals surface area contributed by atoms with Gasteiger partial charge in [0.2, 0.25) is 0 Å². The Kier molecular flexibility index (Phi) is 7.85. The van der Waals surface area contributed by atoms with Crippen molar-refractivity contribution in [2.45, 2.75) is 123 Å². The first-order chi connectivity index (χ1) is 23.3. The molecular formula is C46H53NO. The van der Waals surface area contributed by atoms with Crippen LogP contribution in [0.4, 0.5) is 5.69 Å². The SMILES string of the molecule is CCC(C)(CC)C1=CC=C2C(C1)Oc1cc(C(C)(CC)CC)ccc1N2C1=CC(c2ccc3c(c2)CC3)CC(c2ccc3c(c2)CC3)=C1. The molecule has 2 heteroatoms. The Labute approximate surface area is 289 Å². The topological polar surface area (TPSA) is 12.5 Å². The zero-order valence-corrected chi connectivity index (χ0v) is 30.1. The number of ether oxygens (including phenoxy) is 1. The summed E-state index contributed by atoms with van der Waals surface area (Å²) in [6.45, 7) is 14.1. The van der Waals surface area contributed by atoms with Crippen molar-refractivity contribution in [2.75, 3.05) is 4.90 Å². The number of rotatable bonds is 9. The Balaban J connectivity index is 1.29. The van der Waals surface area contributed by atoms with Gasteiger partial charge in [-0.05, 0) is 137 Å². The second-order valence-corrected chi connectivity index (χ2v) is 15.7. The zero-order chi connectivity index (χ0) is 33.2. The minimum Gasteiger partial charge on any atom is -0.482 e. The van der Waals surface area contributed by atoms with Crippen molar-refractivity contribution in [1.82, 2.24) is 0 Å². The fourth-order valence-corrected chi connectivity index (χ4v) is 8.73. The summed E-state index contributed by atoms with van der Waals surface area (Å²) in [5, 5.41) is 0. The first-order valence-electron chi connectivity index (χ1n) is 18.9. The van der Waals surface area contributed by atoms with Crippen LogP contribution in [-0.4, -0.2) is 6.10 Å². The molecular weight excluding hydrogens is 583 g/mol. The Hall–Kier alpha value is -3.78. The highest BCUT2D eigenvalue weighted by atomic mass is 16.5. The van der Waals surface area contributed by atoms with E-state index in [-0.39, 0.29) is 16.9 Å². The van der Waals surface area contributed by atoms with Crippen LogP contribution in [-0.2, 0) is 31.1 Å². The highest BCUT2D eigenvalue weighted by Gasteiger charge is 2.39. The second-order valence-electron chi connectivity index (χ2n) is 15.7. The summed E-state index contributed by atoms with van der Waals surface area (Å²) < 4.78 is 7.09. The molecule has 0 saturated carbocycles. The van der Waals surface area contributed by atoms with Crippen molar-refractivity contribution < 1.29 is 4.74 Å². The van der Waals surface area contributed by atoms with Gasteiger partial charge in [-0.2, -0.15) is 0 Å². The van der Waals surface area contributed by atoms with Gasteiger partial charge >= 0.3 is 0 Å². The van der Waals surface area contributed by atoms with Crippen LogP contribution in [0.3, 0.4) is 0 Å². The summed E-state index contributed by atoms with van der Waals surface area (Å²) >= 11 is 0. The van der Waals surface area contributed by atoms with Gasteiger partial charge in [0.1, 0.15) is 11.9 Å². The summed E-state index contributed by atoms with van der Waals surface area (Å²) in [6.07, 6.45) is 21.2. The van der Waals surface area contributed by atoms with E-state index in [9.17, 15) is 0 Å². The Morgan fingerprint density at radius 3 is 2.04 bits per heavy atom. The van der Waals surface area contributed by atoms with Crippen molar-refractivity contribution in [1.29, 1.82) is 0 Å². The third kappa shape index (κ3) is 5.13. The number of fused-ring (bicyclic) bond motifs is 4. The number of benzene rings is 3. The number of nitrogens with zero attached hydrogens (tertiary/aromatic N) is 1. The maximum Gasteiger partial charge on any atom is 0.144 e. The highest BCUT2D eigenvalue weighted by Crippen LogP contribution is 2.50. The first-order valence-corrected chi connectivity index (χ1v) is 18.9. The molecule has 3 aromatic rings. The molecule has 0 saturated heterocycles. The maximum absolute atomic E-state index is 7.09. The van der Waals surface area contributed by atoms with Gasteiger partial charge in [-0.25, -0.2) is 0 Å². The van der Waals surface area contributed by atoms with Crippen LogP contribution >= 0.6 is 0 Å². The number of allylic oxidation sites excluding steroid dienone is 5. The van der Waals surface area contributed by atoms with Crippen molar-refractivity contribution in [3.8, 4) is 5.75 Å². The van der Waals surface area contributed by atoms with E-state index in [2.05, 4.69) is 125 Å². The largest absolute Gasteiger partial charge is 0.482 e. The monoisotopic (exact) mass is 635 g/mol. The number of hydrogen-bond acceptors (Lipinski definition) is 2. The molecule has 1 aliphatic heterocycles. The van der Waals surface area contributed by atoms with E-state index in [1.54, 1.807) is 5.56 Å². The van der Waals surface area contributed by atoms with Gasteiger partial charge in [0.15, 0.2) is 0 Å². The molecule has 8 rings (SSSR count). The van der Waals surface area contributed by atoms with Gasteiger partial charge in [0.05, 0.1) is 11.4 Å². The number of hydrogen-bond donors (Lipinski definition) is 0. The van der Waals surface area contributed by atoms with E-state index < -0.39 is 0 Å². The molecule has 2 nitrogen and oxygen atoms in total. The average molecular weight is 636 g/mol. The molecule has 0 radical (unpaired) electrons. The van der Waals surface area contributed by atoms with Crippen molar-refractivity contribution in [3.63, 3.8) is 0 Å². The fraction of sp³-hybridized carbons (Fsp3) is 0.435. The molecule has 1 heterocycles. The lowest BCUT2D eigenvalue weighted by Gasteiger charge is -2.44. The molecule has 3 aromatic carbocycles. The minimum atomic E-state index is -0.00854. The number of anilines is 1. The van der Waals surface area contributed by atoms with Crippen LogP contribution in [0, 0.1) is 5.41 Å². The van der Waals surface area contributed by atoms with Crippen LogP contribution in [0.5, 0.6) is 5.75 Å². The summed E-state index contributed by atoms with van der Waals surface area (Å²) in [4.78, 5) is 2.57. The lowest BCUT2D eigenvalue weighted by Crippen LogP contribution is -2.40. The molecule has 5 aliphatic rings. The number of aryl methyl sites for hydroxylation is 4. The van der Waals surface area contributed by atoms with Gasteiger partial charge in [0.25, 0.3) is 0 Å². The smallest absolute Gasteiger partial charge is 0.144 e. The minimum absolute atomic E-state index is 0.00854. The molecule has 0 aromatic heterocycles. The third-order valence-electron chi connectivity index (χ3n) is 13.5. The molecule has 4 aliphatic carbocycles. The van der Waals surface area contributed by atoms with Crippen LogP contribution in [0.1, 0.15) is 125 Å². The van der Waals surface area contributed by atoms with Crippen LogP contribution in [0.2, 0.25) is 0 Å². The van der Waals surface area contributed by atoms with E-state index in [4.69, 9.17) is 4.74 Å². The molecule has 0 N–H and O–H groups in total. The van der Waals surface area contributed by atoms with E-state index in [1.807, 2.05) is 0 Å². The van der Waals surface area contributed by atoms with E-state index in [0.29, 0.717) is 5.92 Å². The lowest BCUT2D eigenvalue weighted by atomic mass is 9.73. The fourth-order valence-electron chi connectivity index (χ4n) is 8.73. The summed E-state index contributed by atoms with van der Waals surface area (Å²) in [5.74, 6) is 1.35.